The van der Waals surface area contributed by atoms with E-state index >= 15 is 0 Å². The van der Waals surface area contributed by atoms with E-state index in [-0.39, 0.29) is 11.8 Å². The van der Waals surface area contributed by atoms with Gasteiger partial charge in [0.05, 0.1) is 0 Å². The molecule has 0 atom stereocenters. The molecular formula is C20H24N2O2. The van der Waals surface area contributed by atoms with Gasteiger partial charge >= 0.3 is 0 Å². The molecule has 0 heterocycles. The topological polar surface area (TPSA) is 58.2 Å². The number of amides is 2. The molecule has 2 rings (SSSR count). The van der Waals surface area contributed by atoms with Crippen LogP contribution in [0.5, 0.6) is 0 Å². The van der Waals surface area contributed by atoms with Crippen LogP contribution >= 0.6 is 0 Å². The number of benzene rings is 2. The average Bonchev–Trinajstić information content (AvgIpc) is 2.61. The number of carbonyl (C=O) groups excluding carboxylic acids is 2. The molecule has 0 aliphatic rings. The molecular weight excluding hydrogens is 300 g/mol. The molecule has 0 radical (unpaired) electrons. The van der Waals surface area contributed by atoms with E-state index < -0.39 is 0 Å². The summed E-state index contributed by atoms with van der Waals surface area (Å²) >= 11 is 0. The molecule has 0 aliphatic carbocycles. The predicted molar refractivity (Wildman–Crippen MR) is 96.8 cm³/mol. The summed E-state index contributed by atoms with van der Waals surface area (Å²) in [4.78, 5) is 23.9. The molecule has 4 heteroatoms. The Labute approximate surface area is 143 Å². The van der Waals surface area contributed by atoms with E-state index in [0.29, 0.717) is 18.5 Å². The van der Waals surface area contributed by atoms with E-state index in [9.17, 15) is 9.59 Å². The minimum Gasteiger partial charge on any atom is -0.348 e. The van der Waals surface area contributed by atoms with Crippen molar-refractivity contribution in [2.45, 2.75) is 39.2 Å². The maximum atomic E-state index is 12.1. The Morgan fingerprint density at radius 3 is 2.29 bits per heavy atom. The molecule has 0 spiro atoms. The van der Waals surface area contributed by atoms with Crippen molar-refractivity contribution in [3.05, 3.63) is 65.7 Å². The van der Waals surface area contributed by atoms with Gasteiger partial charge in [-0.3, -0.25) is 9.59 Å². The van der Waals surface area contributed by atoms with E-state index in [1.807, 2.05) is 30.3 Å². The maximum absolute atomic E-state index is 12.1. The number of rotatable bonds is 8. The Morgan fingerprint density at radius 1 is 0.917 bits per heavy atom. The molecule has 0 saturated carbocycles. The van der Waals surface area contributed by atoms with Crippen molar-refractivity contribution in [3.8, 4) is 0 Å². The minimum absolute atomic E-state index is 0.0183. The zero-order valence-electron chi connectivity index (χ0n) is 14.0. The van der Waals surface area contributed by atoms with Crippen molar-refractivity contribution < 1.29 is 9.59 Å². The lowest BCUT2D eigenvalue weighted by Crippen LogP contribution is -2.22. The van der Waals surface area contributed by atoms with Gasteiger partial charge in [0.2, 0.25) is 5.91 Å². The normalized spacial score (nSPS) is 10.2. The number of unbranched alkanes of at least 4 members (excludes halogenated alkanes) is 2. The van der Waals surface area contributed by atoms with Crippen LogP contribution < -0.4 is 10.6 Å². The molecule has 4 nitrogen and oxygen atoms in total. The van der Waals surface area contributed by atoms with Gasteiger partial charge in [-0.2, -0.15) is 0 Å². The summed E-state index contributed by atoms with van der Waals surface area (Å²) in [6.45, 7) is 2.61. The lowest BCUT2D eigenvalue weighted by molar-refractivity contribution is -0.116. The zero-order chi connectivity index (χ0) is 17.2. The first-order valence-electron chi connectivity index (χ1n) is 8.41. The fourth-order valence-electron chi connectivity index (χ4n) is 2.34. The second-order valence-electron chi connectivity index (χ2n) is 5.75. The average molecular weight is 324 g/mol. The molecule has 24 heavy (non-hydrogen) atoms. The Morgan fingerprint density at radius 2 is 1.62 bits per heavy atom. The second-order valence-corrected chi connectivity index (χ2v) is 5.75. The molecule has 2 aromatic rings. The van der Waals surface area contributed by atoms with Crippen molar-refractivity contribution in [2.75, 3.05) is 5.32 Å². The standard InChI is InChI=1S/C20H24N2O2/c1-2-3-5-10-19(23)22-18-13-11-17(12-14-18)20(24)21-15-16-8-6-4-7-9-16/h4,6-9,11-14H,2-3,5,10,15H2,1H3,(H,21,24)(H,22,23). The third kappa shape index (κ3) is 5.88. The minimum atomic E-state index is -0.125. The summed E-state index contributed by atoms with van der Waals surface area (Å²) in [6.07, 6.45) is 3.60. The number of nitrogens with one attached hydrogen (secondary N) is 2. The van der Waals surface area contributed by atoms with Gasteiger partial charge in [0, 0.05) is 24.2 Å². The van der Waals surface area contributed by atoms with Gasteiger partial charge in [0.25, 0.3) is 5.91 Å². The van der Waals surface area contributed by atoms with Crippen molar-refractivity contribution in [2.24, 2.45) is 0 Å². The molecule has 0 aromatic heterocycles. The highest BCUT2D eigenvalue weighted by Crippen LogP contribution is 2.11. The summed E-state index contributed by atoms with van der Waals surface area (Å²) in [7, 11) is 0. The van der Waals surface area contributed by atoms with Gasteiger partial charge in [0.1, 0.15) is 0 Å². The van der Waals surface area contributed by atoms with Crippen molar-refractivity contribution in [3.63, 3.8) is 0 Å². The lowest BCUT2D eigenvalue weighted by atomic mass is 10.1. The van der Waals surface area contributed by atoms with E-state index in [4.69, 9.17) is 0 Å². The molecule has 0 unspecified atom stereocenters. The SMILES string of the molecule is CCCCCC(=O)Nc1ccc(C(=O)NCc2ccccc2)cc1. The van der Waals surface area contributed by atoms with Crippen LogP contribution in [0.4, 0.5) is 5.69 Å². The van der Waals surface area contributed by atoms with Crippen LogP contribution in [0.15, 0.2) is 54.6 Å². The van der Waals surface area contributed by atoms with Gasteiger partial charge in [-0.25, -0.2) is 0 Å². The van der Waals surface area contributed by atoms with Crippen LogP contribution in [0.25, 0.3) is 0 Å². The largest absolute Gasteiger partial charge is 0.348 e. The summed E-state index contributed by atoms with van der Waals surface area (Å²) in [5.41, 5.74) is 2.35. The smallest absolute Gasteiger partial charge is 0.251 e. The molecule has 126 valence electrons. The van der Waals surface area contributed by atoms with E-state index in [1.54, 1.807) is 24.3 Å². The summed E-state index contributed by atoms with van der Waals surface area (Å²) < 4.78 is 0. The fourth-order valence-corrected chi connectivity index (χ4v) is 2.34. The Bertz CT molecular complexity index is 651. The highest BCUT2D eigenvalue weighted by molar-refractivity contribution is 5.95. The Kier molecular flexibility index (Phi) is 7.02. The van der Waals surface area contributed by atoms with Crippen LogP contribution in [-0.2, 0) is 11.3 Å². The lowest BCUT2D eigenvalue weighted by Gasteiger charge is -2.08. The van der Waals surface area contributed by atoms with Gasteiger partial charge < -0.3 is 10.6 Å². The van der Waals surface area contributed by atoms with Crippen molar-refractivity contribution >= 4 is 17.5 Å². The van der Waals surface area contributed by atoms with E-state index in [1.165, 1.54) is 0 Å². The summed E-state index contributed by atoms with van der Waals surface area (Å²) in [5.74, 6) is -0.107. The quantitative estimate of drug-likeness (QED) is 0.717. The number of anilines is 1. The Hall–Kier alpha value is -2.62. The molecule has 0 saturated heterocycles. The molecule has 0 fully saturated rings. The molecule has 0 aliphatic heterocycles. The van der Waals surface area contributed by atoms with Crippen molar-refractivity contribution in [1.29, 1.82) is 0 Å². The second kappa shape index (κ2) is 9.50. The Balaban J connectivity index is 1.82. The van der Waals surface area contributed by atoms with Crippen LogP contribution in [0.2, 0.25) is 0 Å². The number of hydrogen-bond acceptors (Lipinski definition) is 2. The van der Waals surface area contributed by atoms with Gasteiger partial charge in [-0.05, 0) is 36.2 Å². The molecule has 2 aromatic carbocycles. The van der Waals surface area contributed by atoms with Crippen LogP contribution in [0, 0.1) is 0 Å². The number of carbonyl (C=O) groups is 2. The molecule has 2 amide bonds. The first kappa shape index (κ1) is 17.7. The maximum Gasteiger partial charge on any atom is 0.251 e. The van der Waals surface area contributed by atoms with Crippen LogP contribution in [0.1, 0.15) is 48.5 Å². The third-order valence-electron chi connectivity index (χ3n) is 3.73. The summed E-state index contributed by atoms with van der Waals surface area (Å²) in [6, 6.07) is 16.7. The fraction of sp³-hybridized carbons (Fsp3) is 0.300. The first-order valence-corrected chi connectivity index (χ1v) is 8.41. The van der Waals surface area contributed by atoms with Gasteiger partial charge in [-0.15, -0.1) is 0 Å². The predicted octanol–water partition coefficient (Wildman–Crippen LogP) is 4.14. The van der Waals surface area contributed by atoms with E-state index in [2.05, 4.69) is 17.6 Å². The monoisotopic (exact) mass is 324 g/mol. The van der Waals surface area contributed by atoms with Crippen LogP contribution in [-0.4, -0.2) is 11.8 Å². The zero-order valence-corrected chi connectivity index (χ0v) is 14.0. The molecule has 0 bridgehead atoms. The number of hydrogen-bond donors (Lipinski definition) is 2. The summed E-state index contributed by atoms with van der Waals surface area (Å²) in [5, 5.41) is 5.74. The van der Waals surface area contributed by atoms with E-state index in [0.717, 1.165) is 30.5 Å². The first-order chi connectivity index (χ1) is 11.7. The van der Waals surface area contributed by atoms with Gasteiger partial charge in [-0.1, -0.05) is 50.1 Å². The third-order valence-corrected chi connectivity index (χ3v) is 3.73. The highest BCUT2D eigenvalue weighted by atomic mass is 16.2. The van der Waals surface area contributed by atoms with Crippen LogP contribution in [0.3, 0.4) is 0 Å². The van der Waals surface area contributed by atoms with Gasteiger partial charge in [0.15, 0.2) is 0 Å². The molecule has 2 N–H and O–H groups in total. The highest BCUT2D eigenvalue weighted by Gasteiger charge is 2.06. The van der Waals surface area contributed by atoms with Crippen molar-refractivity contribution in [1.82, 2.24) is 5.32 Å².